The number of nitrogens with one attached hydrogen (secondary N) is 1. The Bertz CT molecular complexity index is 1170. The zero-order valence-corrected chi connectivity index (χ0v) is 23.4. The number of amides is 2. The average Bonchev–Trinajstić information content (AvgIpc) is 3.54. The maximum absolute atomic E-state index is 13.2. The molecular formula is C28H37ClN2O7. The van der Waals surface area contributed by atoms with E-state index in [-0.39, 0.29) is 24.7 Å². The van der Waals surface area contributed by atoms with Crippen LogP contribution in [0.25, 0.3) is 0 Å². The molecule has 0 radical (unpaired) electrons. The summed E-state index contributed by atoms with van der Waals surface area (Å²) in [7, 11) is 3.10. The standard InChI is InChI=1S/C28H37ClN2O7/c1-15-8-7-9-22(36-6)28(35)14-20(37-26(34)30-28)17(3)25-27(4,38-25)21(32)13-23(33)31(5)19-12-18(10-15)11-16(2)24(19)29/h7-9,11-12,17,20-22,25,32,35H,10,13-14H2,1-6H3,(H,30,34)/b9-7+,15-8+/t17-,20+,21+,22-,25?,27+,28+/m1/s1. The Morgan fingerprint density at radius 3 is 2.66 bits per heavy atom. The van der Waals surface area contributed by atoms with Crippen LogP contribution in [0, 0.1) is 12.8 Å². The molecule has 4 rings (SSSR count). The van der Waals surface area contributed by atoms with Crippen molar-refractivity contribution >= 4 is 29.3 Å². The summed E-state index contributed by atoms with van der Waals surface area (Å²) in [5.41, 5.74) is 0.664. The maximum Gasteiger partial charge on any atom is 0.409 e. The molecule has 1 aromatic rings. The lowest BCUT2D eigenvalue weighted by molar-refractivity contribution is -0.142. The third kappa shape index (κ3) is 5.49. The number of ether oxygens (including phenoxy) is 3. The molecule has 10 heteroatoms. The summed E-state index contributed by atoms with van der Waals surface area (Å²) >= 11 is 6.59. The van der Waals surface area contributed by atoms with Gasteiger partial charge in [0, 0.05) is 26.5 Å². The summed E-state index contributed by atoms with van der Waals surface area (Å²) in [6.45, 7) is 7.43. The van der Waals surface area contributed by atoms with E-state index in [2.05, 4.69) is 5.32 Å². The maximum atomic E-state index is 13.2. The molecule has 1 unspecified atom stereocenters. The molecule has 3 N–H and O–H groups in total. The highest BCUT2D eigenvalue weighted by molar-refractivity contribution is 6.34. The number of nitrogens with zero attached hydrogens (tertiary/aromatic N) is 1. The van der Waals surface area contributed by atoms with E-state index in [1.54, 1.807) is 26.1 Å². The van der Waals surface area contributed by atoms with Crippen LogP contribution in [-0.2, 0) is 25.4 Å². The molecule has 3 aliphatic heterocycles. The number of aryl methyl sites for hydroxylation is 1. The number of rotatable bonds is 1. The number of carbonyl (C=O) groups excluding carboxylic acids is 2. The van der Waals surface area contributed by atoms with Gasteiger partial charge < -0.3 is 29.3 Å². The number of epoxide rings is 1. The van der Waals surface area contributed by atoms with E-state index in [0.717, 1.165) is 16.7 Å². The van der Waals surface area contributed by atoms with Crippen LogP contribution in [0.3, 0.4) is 0 Å². The third-order valence-corrected chi connectivity index (χ3v) is 8.47. The Morgan fingerprint density at radius 2 is 1.97 bits per heavy atom. The number of benzene rings is 1. The van der Waals surface area contributed by atoms with Gasteiger partial charge in [0.25, 0.3) is 0 Å². The summed E-state index contributed by atoms with van der Waals surface area (Å²) in [6.07, 6.45) is 1.93. The molecule has 2 fully saturated rings. The van der Waals surface area contributed by atoms with Gasteiger partial charge in [-0.05, 0) is 44.4 Å². The molecule has 0 saturated carbocycles. The molecule has 38 heavy (non-hydrogen) atoms. The molecule has 2 amide bonds. The number of aliphatic hydroxyl groups is 2. The highest BCUT2D eigenvalue weighted by atomic mass is 35.5. The monoisotopic (exact) mass is 548 g/mol. The van der Waals surface area contributed by atoms with Crippen LogP contribution < -0.4 is 10.2 Å². The van der Waals surface area contributed by atoms with E-state index >= 15 is 0 Å². The fraction of sp³-hybridized carbons (Fsp3) is 0.571. The predicted molar refractivity (Wildman–Crippen MR) is 143 cm³/mol. The lowest BCUT2D eigenvalue weighted by atomic mass is 9.84. The minimum Gasteiger partial charge on any atom is -0.446 e. The Labute approximate surface area is 228 Å². The molecule has 3 heterocycles. The van der Waals surface area contributed by atoms with Crippen LogP contribution in [-0.4, -0.2) is 72.1 Å². The SMILES string of the molecule is CO[C@@H]1/C=C/C=C(\C)Cc2cc(C)c(Cl)c(c2)N(C)C(=O)C[C@H](O)[C@]2(C)OC2[C@H](C)[C@@H]2C[C@@]1(O)NC(=O)O2. The molecule has 7 atom stereocenters. The van der Waals surface area contributed by atoms with Crippen LogP contribution in [0.15, 0.2) is 35.9 Å². The van der Waals surface area contributed by atoms with E-state index in [1.165, 1.54) is 12.0 Å². The normalized spacial score (nSPS) is 38.4. The van der Waals surface area contributed by atoms with Crippen LogP contribution in [0.4, 0.5) is 10.5 Å². The Kier molecular flexibility index (Phi) is 7.99. The second-order valence-corrected chi connectivity index (χ2v) is 11.3. The molecule has 3 aliphatic rings. The van der Waals surface area contributed by atoms with Gasteiger partial charge in [0.2, 0.25) is 5.91 Å². The lowest BCUT2D eigenvalue weighted by Crippen LogP contribution is -2.63. The molecule has 1 aromatic carbocycles. The van der Waals surface area contributed by atoms with Gasteiger partial charge in [-0.25, -0.2) is 4.79 Å². The van der Waals surface area contributed by atoms with Crippen molar-refractivity contribution in [3.05, 3.63) is 52.1 Å². The number of anilines is 1. The molecule has 0 aromatic heterocycles. The topological polar surface area (TPSA) is 121 Å². The van der Waals surface area contributed by atoms with Crippen molar-refractivity contribution in [2.45, 2.75) is 82.7 Å². The van der Waals surface area contributed by atoms with Gasteiger partial charge in [0.1, 0.15) is 17.8 Å². The van der Waals surface area contributed by atoms with Crippen molar-refractivity contribution in [2.75, 3.05) is 19.1 Å². The van der Waals surface area contributed by atoms with Crippen molar-refractivity contribution in [3.8, 4) is 0 Å². The number of aliphatic hydroxyl groups excluding tert-OH is 1. The smallest absolute Gasteiger partial charge is 0.409 e. The Morgan fingerprint density at radius 1 is 1.26 bits per heavy atom. The fourth-order valence-electron chi connectivity index (χ4n) is 5.50. The van der Waals surface area contributed by atoms with Crippen molar-refractivity contribution < 1.29 is 34.0 Å². The van der Waals surface area contributed by atoms with Gasteiger partial charge in [0.05, 0.1) is 29.3 Å². The molecule has 2 saturated heterocycles. The summed E-state index contributed by atoms with van der Waals surface area (Å²) in [5.74, 6) is -0.683. The molecule has 208 valence electrons. The van der Waals surface area contributed by atoms with E-state index in [0.29, 0.717) is 17.1 Å². The van der Waals surface area contributed by atoms with Crippen LogP contribution >= 0.6 is 11.6 Å². The predicted octanol–water partition coefficient (Wildman–Crippen LogP) is 3.42. The first kappa shape index (κ1) is 28.6. The molecule has 9 nitrogen and oxygen atoms in total. The number of hydrogen-bond donors (Lipinski definition) is 3. The number of fused-ring (bicyclic) bond motifs is 5. The Hall–Kier alpha value is -2.43. The first-order valence-corrected chi connectivity index (χ1v) is 13.2. The van der Waals surface area contributed by atoms with Crippen molar-refractivity contribution in [3.63, 3.8) is 0 Å². The fourth-order valence-corrected chi connectivity index (χ4v) is 5.74. The van der Waals surface area contributed by atoms with Gasteiger partial charge in [-0.3, -0.25) is 10.1 Å². The highest BCUT2D eigenvalue weighted by Gasteiger charge is 2.62. The van der Waals surface area contributed by atoms with Gasteiger partial charge in [-0.15, -0.1) is 0 Å². The van der Waals surface area contributed by atoms with Crippen molar-refractivity contribution in [1.29, 1.82) is 0 Å². The quantitative estimate of drug-likeness (QED) is 0.460. The number of halogens is 1. The molecule has 0 spiro atoms. The lowest BCUT2D eigenvalue weighted by Gasteiger charge is -2.42. The van der Waals surface area contributed by atoms with Gasteiger partial charge in [-0.2, -0.15) is 0 Å². The van der Waals surface area contributed by atoms with E-state index < -0.39 is 41.8 Å². The van der Waals surface area contributed by atoms with E-state index in [9.17, 15) is 19.8 Å². The number of allylic oxidation sites excluding steroid dienone is 3. The minimum absolute atomic E-state index is 0.0444. The molecular weight excluding hydrogens is 512 g/mol. The Balaban J connectivity index is 1.73. The summed E-state index contributed by atoms with van der Waals surface area (Å²) in [5, 5.41) is 25.4. The summed E-state index contributed by atoms with van der Waals surface area (Å²) in [4.78, 5) is 27.1. The van der Waals surface area contributed by atoms with Gasteiger partial charge >= 0.3 is 6.09 Å². The summed E-state index contributed by atoms with van der Waals surface area (Å²) < 4.78 is 17.0. The van der Waals surface area contributed by atoms with E-state index in [4.69, 9.17) is 25.8 Å². The molecule has 0 aliphatic carbocycles. The third-order valence-electron chi connectivity index (χ3n) is 7.98. The minimum atomic E-state index is -1.71. The van der Waals surface area contributed by atoms with Crippen molar-refractivity contribution in [2.24, 2.45) is 5.92 Å². The number of methoxy groups -OCH3 is 1. The first-order chi connectivity index (χ1) is 17.8. The van der Waals surface area contributed by atoms with Crippen LogP contribution in [0.2, 0.25) is 5.02 Å². The van der Waals surface area contributed by atoms with Crippen LogP contribution in [0.5, 0.6) is 0 Å². The number of alkyl carbamates (subject to hydrolysis) is 1. The zero-order valence-electron chi connectivity index (χ0n) is 22.7. The highest BCUT2D eigenvalue weighted by Crippen LogP contribution is 2.48. The second kappa shape index (κ2) is 10.6. The average molecular weight is 549 g/mol. The van der Waals surface area contributed by atoms with Gasteiger partial charge in [0.15, 0.2) is 5.72 Å². The number of carbonyl (C=O) groups is 2. The first-order valence-electron chi connectivity index (χ1n) is 12.8. The van der Waals surface area contributed by atoms with Gasteiger partial charge in [-0.1, -0.05) is 48.4 Å². The number of hydrogen-bond acceptors (Lipinski definition) is 7. The summed E-state index contributed by atoms with van der Waals surface area (Å²) in [6, 6.07) is 3.86. The van der Waals surface area contributed by atoms with Crippen molar-refractivity contribution in [1.82, 2.24) is 5.32 Å². The van der Waals surface area contributed by atoms with Crippen LogP contribution in [0.1, 0.15) is 44.7 Å². The second-order valence-electron chi connectivity index (χ2n) is 10.9. The van der Waals surface area contributed by atoms with E-state index in [1.807, 2.05) is 39.0 Å². The zero-order chi connectivity index (χ0) is 28.0. The molecule has 4 bridgehead atoms. The largest absolute Gasteiger partial charge is 0.446 e.